The average Bonchev–Trinajstić information content (AvgIpc) is 2.14. The van der Waals surface area contributed by atoms with Gasteiger partial charge in [0, 0.05) is 6.07 Å². The first-order chi connectivity index (χ1) is 7.72. The predicted octanol–water partition coefficient (Wildman–Crippen LogP) is 2.52. The highest BCUT2D eigenvalue weighted by atomic mass is 35.5. The summed E-state index contributed by atoms with van der Waals surface area (Å²) in [6.45, 7) is 0. The Morgan fingerprint density at radius 3 is 2.53 bits per heavy atom. The third-order valence-corrected chi connectivity index (χ3v) is 3.18. The molecule has 0 spiro atoms. The van der Waals surface area contributed by atoms with Gasteiger partial charge in [-0.05, 0) is 12.1 Å². The fourth-order valence-corrected chi connectivity index (χ4v) is 1.67. The van der Waals surface area contributed by atoms with E-state index in [1.54, 1.807) is 0 Å². The molecule has 0 saturated carbocycles. The van der Waals surface area contributed by atoms with Gasteiger partial charge in [-0.2, -0.15) is 0 Å². The van der Waals surface area contributed by atoms with Crippen LogP contribution in [0, 0.1) is 0 Å². The summed E-state index contributed by atoms with van der Waals surface area (Å²) in [6, 6.07) is 4.43. The number of hydrogen-bond donors (Lipinski definition) is 1. The lowest BCUT2D eigenvalue weighted by molar-refractivity contribution is -0.274. The number of rotatable bonds is 4. The molecule has 0 atom stereocenters. The topological polar surface area (TPSA) is 55.4 Å². The summed E-state index contributed by atoms with van der Waals surface area (Å²) in [5.74, 6) is -0.521. The van der Waals surface area contributed by atoms with Crippen LogP contribution in [0.3, 0.4) is 0 Å². The molecule has 0 aliphatic carbocycles. The monoisotopic (exact) mass is 289 g/mol. The van der Waals surface area contributed by atoms with Crippen LogP contribution in [0.15, 0.2) is 24.3 Å². The molecule has 0 heterocycles. The summed E-state index contributed by atoms with van der Waals surface area (Å²) < 4.78 is 63.4. The third-order valence-electron chi connectivity index (χ3n) is 1.48. The van der Waals surface area contributed by atoms with Crippen LogP contribution in [0.4, 0.5) is 18.9 Å². The average molecular weight is 290 g/mol. The summed E-state index contributed by atoms with van der Waals surface area (Å²) in [5.41, 5.74) is -0.0626. The standard InChI is InChI=1S/C8H7ClF3NO3S/c9-5-17(14,15)13-6-2-1-3-7(4-6)16-8(10,11)12/h1-4,13H,5H2. The normalized spacial score (nSPS) is 12.2. The fourth-order valence-electron chi connectivity index (χ4n) is 0.964. The van der Waals surface area contributed by atoms with E-state index in [1.807, 2.05) is 4.72 Å². The molecule has 0 aromatic heterocycles. The molecule has 0 unspecified atom stereocenters. The Labute approximate surface area is 100 Å². The van der Waals surface area contributed by atoms with Gasteiger partial charge in [0.05, 0.1) is 5.69 Å². The van der Waals surface area contributed by atoms with Crippen molar-refractivity contribution in [2.24, 2.45) is 0 Å². The van der Waals surface area contributed by atoms with E-state index in [4.69, 9.17) is 11.6 Å². The van der Waals surface area contributed by atoms with Crippen molar-refractivity contribution in [3.8, 4) is 5.75 Å². The van der Waals surface area contributed by atoms with E-state index in [9.17, 15) is 21.6 Å². The van der Waals surface area contributed by atoms with Gasteiger partial charge in [-0.15, -0.1) is 24.8 Å². The number of anilines is 1. The Morgan fingerprint density at radius 1 is 1.35 bits per heavy atom. The predicted molar refractivity (Wildman–Crippen MR) is 56.4 cm³/mol. The van der Waals surface area contributed by atoms with Crippen molar-refractivity contribution in [3.63, 3.8) is 0 Å². The van der Waals surface area contributed by atoms with E-state index in [2.05, 4.69) is 4.74 Å². The summed E-state index contributed by atoms with van der Waals surface area (Å²) in [7, 11) is -3.75. The van der Waals surface area contributed by atoms with E-state index in [0.29, 0.717) is 0 Å². The second kappa shape index (κ2) is 5.01. The highest BCUT2D eigenvalue weighted by Crippen LogP contribution is 2.25. The maximum absolute atomic E-state index is 11.9. The van der Waals surface area contributed by atoms with Crippen molar-refractivity contribution in [1.29, 1.82) is 0 Å². The Balaban J connectivity index is 2.87. The van der Waals surface area contributed by atoms with Crippen molar-refractivity contribution in [2.45, 2.75) is 6.36 Å². The molecule has 0 aliphatic rings. The molecule has 0 aliphatic heterocycles. The number of nitrogens with one attached hydrogen (secondary N) is 1. The zero-order chi connectivity index (χ0) is 13.1. The van der Waals surface area contributed by atoms with Gasteiger partial charge in [0.15, 0.2) is 0 Å². The van der Waals surface area contributed by atoms with Gasteiger partial charge in [0.25, 0.3) is 0 Å². The lowest BCUT2D eigenvalue weighted by Crippen LogP contribution is -2.17. The maximum Gasteiger partial charge on any atom is 0.573 e. The van der Waals surface area contributed by atoms with Crippen LogP contribution < -0.4 is 9.46 Å². The number of sulfonamides is 1. The molecular formula is C8H7ClF3NO3S. The Kier molecular flexibility index (Phi) is 4.10. The molecular weight excluding hydrogens is 283 g/mol. The van der Waals surface area contributed by atoms with Gasteiger partial charge in [-0.1, -0.05) is 6.07 Å². The van der Waals surface area contributed by atoms with E-state index < -0.39 is 27.3 Å². The second-order valence-corrected chi connectivity index (χ2v) is 5.21. The molecule has 1 rings (SSSR count). The fraction of sp³-hybridized carbons (Fsp3) is 0.250. The molecule has 0 amide bonds. The third kappa shape index (κ3) is 5.14. The van der Waals surface area contributed by atoms with Gasteiger partial charge in [-0.25, -0.2) is 8.42 Å². The Morgan fingerprint density at radius 2 is 2.00 bits per heavy atom. The SMILES string of the molecule is O=S(=O)(CCl)Nc1cccc(OC(F)(F)F)c1. The summed E-state index contributed by atoms with van der Waals surface area (Å²) in [5, 5.41) is -0.697. The van der Waals surface area contributed by atoms with Crippen molar-refractivity contribution in [3.05, 3.63) is 24.3 Å². The highest BCUT2D eigenvalue weighted by molar-refractivity contribution is 7.93. The van der Waals surface area contributed by atoms with Gasteiger partial charge in [-0.3, -0.25) is 4.72 Å². The molecule has 1 aromatic rings. The highest BCUT2D eigenvalue weighted by Gasteiger charge is 2.31. The van der Waals surface area contributed by atoms with Crippen LogP contribution in [0.25, 0.3) is 0 Å². The van der Waals surface area contributed by atoms with Crippen molar-refractivity contribution in [2.75, 3.05) is 9.93 Å². The number of alkyl halides is 4. The molecule has 9 heteroatoms. The Hall–Kier alpha value is -1.15. The van der Waals surface area contributed by atoms with Crippen LogP contribution in [0.1, 0.15) is 0 Å². The van der Waals surface area contributed by atoms with Crippen LogP contribution in [-0.2, 0) is 10.0 Å². The molecule has 4 nitrogen and oxygen atoms in total. The van der Waals surface area contributed by atoms with Gasteiger partial charge in [0.1, 0.15) is 11.0 Å². The van der Waals surface area contributed by atoms with Gasteiger partial charge in [0.2, 0.25) is 10.0 Å². The van der Waals surface area contributed by atoms with Crippen LogP contribution in [-0.4, -0.2) is 20.0 Å². The molecule has 17 heavy (non-hydrogen) atoms. The summed E-state index contributed by atoms with van der Waals surface area (Å²) in [4.78, 5) is 0. The lowest BCUT2D eigenvalue weighted by Gasteiger charge is -2.10. The quantitative estimate of drug-likeness (QED) is 0.867. The first-order valence-electron chi connectivity index (χ1n) is 4.14. The van der Waals surface area contributed by atoms with Crippen LogP contribution in [0.2, 0.25) is 0 Å². The second-order valence-electron chi connectivity index (χ2n) is 2.90. The first-order valence-corrected chi connectivity index (χ1v) is 6.33. The molecule has 1 N–H and O–H groups in total. The Bertz CT molecular complexity index is 489. The van der Waals surface area contributed by atoms with Crippen molar-refractivity contribution < 1.29 is 26.3 Å². The molecule has 1 aromatic carbocycles. The molecule has 0 saturated heterocycles. The molecule has 0 bridgehead atoms. The maximum atomic E-state index is 11.9. The molecule has 0 radical (unpaired) electrons. The zero-order valence-corrected chi connectivity index (χ0v) is 9.73. The molecule has 96 valence electrons. The lowest BCUT2D eigenvalue weighted by atomic mass is 10.3. The number of hydrogen-bond acceptors (Lipinski definition) is 3. The van der Waals surface area contributed by atoms with Gasteiger partial charge >= 0.3 is 6.36 Å². The summed E-state index contributed by atoms with van der Waals surface area (Å²) >= 11 is 5.13. The zero-order valence-electron chi connectivity index (χ0n) is 8.16. The molecule has 0 fully saturated rings. The van der Waals surface area contributed by atoms with Crippen molar-refractivity contribution in [1.82, 2.24) is 0 Å². The van der Waals surface area contributed by atoms with Crippen molar-refractivity contribution >= 4 is 27.3 Å². The van der Waals surface area contributed by atoms with Crippen LogP contribution in [0.5, 0.6) is 5.75 Å². The minimum Gasteiger partial charge on any atom is -0.406 e. The first kappa shape index (κ1) is 13.9. The van der Waals surface area contributed by atoms with E-state index in [1.165, 1.54) is 12.1 Å². The van der Waals surface area contributed by atoms with E-state index >= 15 is 0 Å². The minimum atomic E-state index is -4.83. The van der Waals surface area contributed by atoms with Gasteiger partial charge < -0.3 is 4.74 Å². The van der Waals surface area contributed by atoms with E-state index in [-0.39, 0.29) is 5.69 Å². The largest absolute Gasteiger partial charge is 0.573 e. The number of benzene rings is 1. The smallest absolute Gasteiger partial charge is 0.406 e. The number of ether oxygens (including phenoxy) is 1. The van der Waals surface area contributed by atoms with E-state index in [0.717, 1.165) is 12.1 Å². The number of halogens is 4. The summed E-state index contributed by atoms with van der Waals surface area (Å²) in [6.07, 6.45) is -4.83. The van der Waals surface area contributed by atoms with Crippen LogP contribution >= 0.6 is 11.6 Å². The minimum absolute atomic E-state index is 0.0626.